The number of carbonyl (C=O) groups excluding carboxylic acids is 1. The van der Waals surface area contributed by atoms with Gasteiger partial charge in [-0.1, -0.05) is 6.07 Å². The average molecular weight is 252 g/mol. The van der Waals surface area contributed by atoms with E-state index in [0.29, 0.717) is 12.1 Å². The molecule has 0 saturated heterocycles. The molecule has 0 unspecified atom stereocenters. The zero-order valence-corrected chi connectivity index (χ0v) is 11.2. The van der Waals surface area contributed by atoms with E-state index in [4.69, 9.17) is 9.47 Å². The lowest BCUT2D eigenvalue weighted by molar-refractivity contribution is -0.0914. The van der Waals surface area contributed by atoms with E-state index in [0.717, 1.165) is 11.3 Å². The summed E-state index contributed by atoms with van der Waals surface area (Å²) in [5, 5.41) is 5.80. The lowest BCUT2D eigenvalue weighted by Crippen LogP contribution is -2.24. The molecule has 5 nitrogen and oxygen atoms in total. The minimum absolute atomic E-state index is 0.104. The normalized spacial score (nSPS) is 10.5. The fraction of sp³-hybridized carbons (Fsp3) is 0.462. The van der Waals surface area contributed by atoms with Gasteiger partial charge in [-0.3, -0.25) is 4.79 Å². The van der Waals surface area contributed by atoms with Gasteiger partial charge in [0.25, 0.3) is 5.91 Å². The van der Waals surface area contributed by atoms with Crippen LogP contribution < -0.4 is 10.6 Å². The summed E-state index contributed by atoms with van der Waals surface area (Å²) in [5.74, 6) is -0.104. The second-order valence-corrected chi connectivity index (χ2v) is 3.89. The zero-order valence-electron chi connectivity index (χ0n) is 11.2. The molecule has 1 aromatic rings. The molecular weight excluding hydrogens is 232 g/mol. The van der Waals surface area contributed by atoms with Gasteiger partial charge in [-0.2, -0.15) is 0 Å². The lowest BCUT2D eigenvalue weighted by Gasteiger charge is -2.16. The van der Waals surface area contributed by atoms with Crippen LogP contribution in [0.25, 0.3) is 0 Å². The summed E-state index contributed by atoms with van der Waals surface area (Å²) in [4.78, 5) is 11.5. The lowest BCUT2D eigenvalue weighted by atomic mass is 10.1. The summed E-state index contributed by atoms with van der Waals surface area (Å²) in [6.45, 7) is 2.50. The van der Waals surface area contributed by atoms with Crippen LogP contribution in [0, 0.1) is 6.92 Å². The van der Waals surface area contributed by atoms with Gasteiger partial charge in [-0.15, -0.1) is 0 Å². The number of rotatable bonds is 6. The van der Waals surface area contributed by atoms with Crippen LogP contribution in [0.2, 0.25) is 0 Å². The Morgan fingerprint density at radius 2 is 2.00 bits per heavy atom. The molecular formula is C13H20N2O3. The smallest absolute Gasteiger partial charge is 0.251 e. The van der Waals surface area contributed by atoms with Gasteiger partial charge >= 0.3 is 0 Å². The van der Waals surface area contributed by atoms with Gasteiger partial charge in [0.15, 0.2) is 6.29 Å². The van der Waals surface area contributed by atoms with Gasteiger partial charge in [0.05, 0.1) is 6.54 Å². The molecule has 1 aromatic carbocycles. The third-order valence-electron chi connectivity index (χ3n) is 2.71. The first-order valence-corrected chi connectivity index (χ1v) is 5.74. The minimum atomic E-state index is -0.312. The SMILES string of the molecule is CNC(=O)c1ccc(C)c(NCC(OC)OC)c1. The number of hydrogen-bond donors (Lipinski definition) is 2. The summed E-state index contributed by atoms with van der Waals surface area (Å²) in [6, 6.07) is 5.52. The number of benzene rings is 1. The van der Waals surface area contributed by atoms with Crippen molar-refractivity contribution in [3.05, 3.63) is 29.3 Å². The molecule has 0 aliphatic rings. The summed E-state index contributed by atoms with van der Waals surface area (Å²) < 4.78 is 10.2. The number of amides is 1. The third kappa shape index (κ3) is 3.72. The molecule has 100 valence electrons. The summed E-state index contributed by atoms with van der Waals surface area (Å²) >= 11 is 0. The van der Waals surface area contributed by atoms with Crippen molar-refractivity contribution in [3.8, 4) is 0 Å². The molecule has 0 heterocycles. The van der Waals surface area contributed by atoms with Crippen molar-refractivity contribution in [1.82, 2.24) is 5.32 Å². The predicted molar refractivity (Wildman–Crippen MR) is 70.9 cm³/mol. The Balaban J connectivity index is 2.78. The molecule has 1 rings (SSSR count). The van der Waals surface area contributed by atoms with E-state index < -0.39 is 0 Å². The van der Waals surface area contributed by atoms with Gasteiger partial charge in [0, 0.05) is 32.5 Å². The number of ether oxygens (including phenoxy) is 2. The molecule has 0 saturated carbocycles. The van der Waals surface area contributed by atoms with Crippen LogP contribution in [0.4, 0.5) is 5.69 Å². The number of nitrogens with one attached hydrogen (secondary N) is 2. The maximum absolute atomic E-state index is 11.5. The van der Waals surface area contributed by atoms with Crippen molar-refractivity contribution < 1.29 is 14.3 Å². The fourth-order valence-corrected chi connectivity index (χ4v) is 1.55. The highest BCUT2D eigenvalue weighted by Gasteiger charge is 2.08. The largest absolute Gasteiger partial charge is 0.380 e. The Labute approximate surface area is 107 Å². The van der Waals surface area contributed by atoms with E-state index in [-0.39, 0.29) is 12.2 Å². The highest BCUT2D eigenvalue weighted by molar-refractivity contribution is 5.95. The Bertz CT molecular complexity index is 403. The Morgan fingerprint density at radius 1 is 1.33 bits per heavy atom. The molecule has 0 atom stereocenters. The van der Waals surface area contributed by atoms with Crippen molar-refractivity contribution in [1.29, 1.82) is 0 Å². The molecule has 0 radical (unpaired) electrons. The second-order valence-electron chi connectivity index (χ2n) is 3.89. The highest BCUT2D eigenvalue weighted by atomic mass is 16.7. The summed E-state index contributed by atoms with van der Waals surface area (Å²) in [5.41, 5.74) is 2.58. The van der Waals surface area contributed by atoms with E-state index in [1.165, 1.54) is 0 Å². The number of aryl methyl sites for hydroxylation is 1. The van der Waals surface area contributed by atoms with Gasteiger partial charge in [-0.25, -0.2) is 0 Å². The molecule has 0 aliphatic carbocycles. The quantitative estimate of drug-likeness (QED) is 0.751. The van der Waals surface area contributed by atoms with E-state index >= 15 is 0 Å². The van der Waals surface area contributed by atoms with Gasteiger partial charge in [-0.05, 0) is 24.6 Å². The number of carbonyl (C=O) groups is 1. The summed E-state index contributed by atoms with van der Waals surface area (Å²) in [7, 11) is 4.79. The Morgan fingerprint density at radius 3 is 2.56 bits per heavy atom. The van der Waals surface area contributed by atoms with Crippen LogP contribution >= 0.6 is 0 Å². The van der Waals surface area contributed by atoms with E-state index in [1.54, 1.807) is 27.3 Å². The van der Waals surface area contributed by atoms with Gasteiger partial charge in [0.1, 0.15) is 0 Å². The number of hydrogen-bond acceptors (Lipinski definition) is 4. The van der Waals surface area contributed by atoms with E-state index in [9.17, 15) is 4.79 Å². The molecule has 18 heavy (non-hydrogen) atoms. The molecule has 1 amide bonds. The molecule has 0 spiro atoms. The van der Waals surface area contributed by atoms with Crippen LogP contribution in [0.3, 0.4) is 0 Å². The number of anilines is 1. The van der Waals surface area contributed by atoms with Crippen molar-refractivity contribution in [2.24, 2.45) is 0 Å². The first-order chi connectivity index (χ1) is 8.62. The minimum Gasteiger partial charge on any atom is -0.380 e. The molecule has 5 heteroatoms. The van der Waals surface area contributed by atoms with Crippen LogP contribution in [0.1, 0.15) is 15.9 Å². The Hall–Kier alpha value is -1.59. The van der Waals surface area contributed by atoms with E-state index in [2.05, 4.69) is 10.6 Å². The molecule has 0 aliphatic heterocycles. The maximum Gasteiger partial charge on any atom is 0.251 e. The molecule has 0 fully saturated rings. The average Bonchev–Trinajstić information content (AvgIpc) is 2.40. The van der Waals surface area contributed by atoms with Crippen molar-refractivity contribution in [3.63, 3.8) is 0 Å². The topological polar surface area (TPSA) is 59.6 Å². The molecule has 2 N–H and O–H groups in total. The molecule has 0 bridgehead atoms. The van der Waals surface area contributed by atoms with Gasteiger partial charge < -0.3 is 20.1 Å². The summed E-state index contributed by atoms with van der Waals surface area (Å²) in [6.07, 6.45) is -0.312. The van der Waals surface area contributed by atoms with Gasteiger partial charge in [0.2, 0.25) is 0 Å². The maximum atomic E-state index is 11.5. The van der Waals surface area contributed by atoms with Crippen LogP contribution in [0.15, 0.2) is 18.2 Å². The van der Waals surface area contributed by atoms with Crippen molar-refractivity contribution >= 4 is 11.6 Å². The van der Waals surface area contributed by atoms with Crippen molar-refractivity contribution in [2.75, 3.05) is 33.1 Å². The first kappa shape index (κ1) is 14.5. The third-order valence-corrected chi connectivity index (χ3v) is 2.71. The zero-order chi connectivity index (χ0) is 13.5. The van der Waals surface area contributed by atoms with Crippen LogP contribution in [-0.2, 0) is 9.47 Å². The van der Waals surface area contributed by atoms with Crippen LogP contribution in [-0.4, -0.2) is 40.0 Å². The monoisotopic (exact) mass is 252 g/mol. The van der Waals surface area contributed by atoms with Crippen LogP contribution in [0.5, 0.6) is 0 Å². The predicted octanol–water partition coefficient (Wildman–Crippen LogP) is 1.39. The van der Waals surface area contributed by atoms with E-state index in [1.807, 2.05) is 19.1 Å². The fourth-order valence-electron chi connectivity index (χ4n) is 1.55. The second kappa shape index (κ2) is 6.98. The highest BCUT2D eigenvalue weighted by Crippen LogP contribution is 2.17. The molecule has 0 aromatic heterocycles. The Kier molecular flexibility index (Phi) is 5.61. The number of methoxy groups -OCH3 is 2. The van der Waals surface area contributed by atoms with Crippen molar-refractivity contribution in [2.45, 2.75) is 13.2 Å². The standard InChI is InChI=1S/C13H20N2O3/c1-9-5-6-10(13(16)14-2)7-11(9)15-8-12(17-3)18-4/h5-7,12,15H,8H2,1-4H3,(H,14,16). The first-order valence-electron chi connectivity index (χ1n) is 5.74.